The van der Waals surface area contributed by atoms with Crippen molar-refractivity contribution < 1.29 is 57.4 Å². The van der Waals surface area contributed by atoms with Crippen molar-refractivity contribution in [2.24, 2.45) is 0 Å². The van der Waals surface area contributed by atoms with Gasteiger partial charge in [0.1, 0.15) is 0 Å². The smallest absolute Gasteiger partial charge is 0.325 e. The number of hydrogen-bond donors (Lipinski definition) is 10. The summed E-state index contributed by atoms with van der Waals surface area (Å²) in [5.41, 5.74) is 5.55. The molecule has 0 fully saturated rings. The molecule has 54 heavy (non-hydrogen) atoms. The Labute approximate surface area is 312 Å². The van der Waals surface area contributed by atoms with Gasteiger partial charge in [-0.15, -0.1) is 0 Å². The van der Waals surface area contributed by atoms with E-state index in [1.807, 2.05) is 64.1 Å². The zero-order chi connectivity index (χ0) is 40.1. The molecule has 0 amide bonds. The maximum Gasteiger partial charge on any atom is 0.325 e. The van der Waals surface area contributed by atoms with Crippen molar-refractivity contribution in [3.63, 3.8) is 0 Å². The van der Waals surface area contributed by atoms with Crippen LogP contribution in [-0.2, 0) is 41.9 Å². The number of aromatic amines is 2. The van der Waals surface area contributed by atoms with E-state index in [4.69, 9.17) is 9.97 Å². The minimum atomic E-state index is -4.42. The average molecular weight is 831 g/mol. The maximum atomic E-state index is 11.9. The van der Waals surface area contributed by atoms with Gasteiger partial charge in [0.15, 0.2) is 0 Å². The number of hydrogen-bond acceptors (Lipinski definition) is 6. The van der Waals surface area contributed by atoms with Gasteiger partial charge in [0, 0.05) is 68.5 Å². The SMILES string of the molecule is CC1(C)Cc2cc3cc(C(CCP(=O)(O)O)CCP(=O)(O)O)c(cc4nc(cc5cc(C(CCP(=O)(O)O)CCP(=O)(O)O)c(cc1n2)[nH]5)CC4(C)C)[nH]3. The molecule has 0 unspecified atom stereocenters. The number of nitrogens with zero attached hydrogens (tertiary/aromatic N) is 2. The van der Waals surface area contributed by atoms with E-state index >= 15 is 0 Å². The van der Waals surface area contributed by atoms with E-state index in [9.17, 15) is 57.4 Å². The zero-order valence-electron chi connectivity index (χ0n) is 30.6. The Morgan fingerprint density at radius 1 is 0.537 bits per heavy atom. The van der Waals surface area contributed by atoms with Crippen molar-refractivity contribution in [3.8, 4) is 0 Å². The number of H-pyrrole nitrogens is 2. The van der Waals surface area contributed by atoms with Gasteiger partial charge in [-0.05, 0) is 85.0 Å². The Kier molecular flexibility index (Phi) is 12.4. The zero-order valence-corrected chi connectivity index (χ0v) is 34.2. The summed E-state index contributed by atoms with van der Waals surface area (Å²) in [6, 6.07) is 11.1. The molecule has 0 spiro atoms. The summed E-state index contributed by atoms with van der Waals surface area (Å²) in [6.45, 7) is 8.05. The number of nitrogens with one attached hydrogen (secondary N) is 2. The first-order chi connectivity index (χ1) is 24.6. The van der Waals surface area contributed by atoms with E-state index in [0.717, 1.165) is 0 Å². The van der Waals surface area contributed by atoms with Crippen molar-refractivity contribution >= 4 is 52.4 Å². The Hall–Kier alpha value is -2.28. The van der Waals surface area contributed by atoms with Crippen molar-refractivity contribution in [3.05, 3.63) is 70.3 Å². The molecule has 0 aliphatic carbocycles. The first-order valence-electron chi connectivity index (χ1n) is 17.6. The molecule has 2 aliphatic heterocycles. The summed E-state index contributed by atoms with van der Waals surface area (Å²) < 4.78 is 47.7. The van der Waals surface area contributed by atoms with Crippen molar-refractivity contribution in [2.75, 3.05) is 24.6 Å². The fourth-order valence-electron chi connectivity index (χ4n) is 7.33. The first-order valence-corrected chi connectivity index (χ1v) is 24.8. The lowest BCUT2D eigenvalue weighted by Gasteiger charge is -2.18. The van der Waals surface area contributed by atoms with Crippen LogP contribution >= 0.6 is 30.4 Å². The third-order valence-electron chi connectivity index (χ3n) is 10.1. The van der Waals surface area contributed by atoms with E-state index in [0.29, 0.717) is 68.8 Å². The van der Waals surface area contributed by atoms with Crippen molar-refractivity contribution in [1.82, 2.24) is 19.9 Å². The van der Waals surface area contributed by atoms with Gasteiger partial charge in [-0.3, -0.25) is 28.2 Å². The van der Waals surface area contributed by atoms with Gasteiger partial charge in [0.05, 0.1) is 24.6 Å². The molecule has 0 radical (unpaired) electrons. The molecule has 5 heterocycles. The Bertz CT molecular complexity index is 2040. The molecule has 0 saturated heterocycles. The highest BCUT2D eigenvalue weighted by Crippen LogP contribution is 2.46. The van der Waals surface area contributed by atoms with Gasteiger partial charge >= 0.3 is 30.4 Å². The van der Waals surface area contributed by atoms with E-state index in [1.54, 1.807) is 0 Å². The molecule has 10 N–H and O–H groups in total. The lowest BCUT2D eigenvalue weighted by Crippen LogP contribution is -2.15. The van der Waals surface area contributed by atoms with Crippen LogP contribution in [-0.4, -0.2) is 83.7 Å². The standard InChI is InChI=1S/C34H50N4O12P4/c1-33(2)19-25-13-23-15-28(22(7-11-53(45,46)47)8-12-54(48,49)50)30(36-23)18-32-34(3,4)20-26(38-32)14-24-16-27(29(35-24)17-31(33)37-25)21(5-9-51(39,40)41)6-10-52(42,43)44/h13-18,21-22,35-36H,5-12,19-20H2,1-4H3,(H2,39,40,41)(H2,42,43,44)(H2,45,46,47)(H2,48,49,50). The molecule has 0 atom stereocenters. The minimum Gasteiger partial charge on any atom is -0.355 e. The summed E-state index contributed by atoms with van der Waals surface area (Å²) >= 11 is 0. The van der Waals surface area contributed by atoms with Crippen molar-refractivity contribution in [2.45, 2.75) is 88.9 Å². The molecule has 8 bridgehead atoms. The average Bonchev–Trinajstić information content (AvgIpc) is 3.70. The van der Waals surface area contributed by atoms with Gasteiger partial charge < -0.3 is 49.1 Å². The molecular weight excluding hydrogens is 780 g/mol. The third-order valence-corrected chi connectivity index (χ3v) is 13.5. The molecule has 2 aliphatic rings. The van der Waals surface area contributed by atoms with Gasteiger partial charge in [-0.1, -0.05) is 27.7 Å². The molecular formula is C34H50N4O12P4. The Balaban J connectivity index is 1.78. The highest BCUT2D eigenvalue weighted by molar-refractivity contribution is 7.52. The van der Waals surface area contributed by atoms with Crippen LogP contribution in [0, 0.1) is 0 Å². The normalized spacial score (nSPS) is 16.4. The van der Waals surface area contributed by atoms with Crippen LogP contribution in [0.2, 0.25) is 0 Å². The van der Waals surface area contributed by atoms with Crippen LogP contribution in [0.4, 0.5) is 0 Å². The van der Waals surface area contributed by atoms with Gasteiger partial charge in [0.25, 0.3) is 0 Å². The monoisotopic (exact) mass is 830 g/mol. The predicted octanol–water partition coefficient (Wildman–Crippen LogP) is 5.79. The van der Waals surface area contributed by atoms with E-state index < -0.39 is 77.7 Å². The van der Waals surface area contributed by atoms with Crippen LogP contribution in [0.1, 0.15) is 99.1 Å². The summed E-state index contributed by atoms with van der Waals surface area (Å²) in [6.07, 6.45) is -0.859. The molecule has 0 aromatic carbocycles. The highest BCUT2D eigenvalue weighted by Gasteiger charge is 2.32. The number of aromatic nitrogens is 4. The topological polar surface area (TPSA) is 287 Å². The number of fused-ring (bicyclic) bond motifs is 8. The molecule has 20 heteroatoms. The molecule has 3 aromatic rings. The van der Waals surface area contributed by atoms with E-state index in [2.05, 4.69) is 9.97 Å². The Morgan fingerprint density at radius 3 is 1.11 bits per heavy atom. The van der Waals surface area contributed by atoms with E-state index in [1.165, 1.54) is 0 Å². The summed E-state index contributed by atoms with van der Waals surface area (Å²) in [4.78, 5) is 94.4. The lowest BCUT2D eigenvalue weighted by atomic mass is 9.86. The van der Waals surface area contributed by atoms with Crippen LogP contribution < -0.4 is 0 Å². The number of rotatable bonds is 14. The molecule has 0 saturated carbocycles. The molecule has 16 nitrogen and oxygen atoms in total. The fraction of sp³-hybridized carbons (Fsp3) is 0.529. The highest BCUT2D eigenvalue weighted by atomic mass is 31.2. The lowest BCUT2D eigenvalue weighted by molar-refractivity contribution is 0.362. The fourth-order valence-corrected chi connectivity index (χ4v) is 9.92. The molecule has 5 rings (SSSR count). The quantitative estimate of drug-likeness (QED) is 0.0861. The third kappa shape index (κ3) is 11.9. The maximum absolute atomic E-state index is 11.9. The molecule has 298 valence electrons. The van der Waals surface area contributed by atoms with Crippen LogP contribution in [0.3, 0.4) is 0 Å². The van der Waals surface area contributed by atoms with Gasteiger partial charge in [-0.25, -0.2) is 0 Å². The second-order valence-corrected chi connectivity index (χ2v) is 23.1. The van der Waals surface area contributed by atoms with Gasteiger partial charge in [-0.2, -0.15) is 0 Å². The largest absolute Gasteiger partial charge is 0.355 e. The van der Waals surface area contributed by atoms with Crippen LogP contribution in [0.5, 0.6) is 0 Å². The minimum absolute atomic E-state index is 0.00905. The summed E-state index contributed by atoms with van der Waals surface area (Å²) in [5, 5.41) is 0. The van der Waals surface area contributed by atoms with E-state index in [-0.39, 0.29) is 25.7 Å². The Morgan fingerprint density at radius 2 is 0.833 bits per heavy atom. The second kappa shape index (κ2) is 15.6. The summed E-state index contributed by atoms with van der Waals surface area (Å²) in [7, 11) is -17.7. The predicted molar refractivity (Wildman–Crippen MR) is 206 cm³/mol. The van der Waals surface area contributed by atoms with Crippen LogP contribution in [0.25, 0.3) is 22.1 Å². The summed E-state index contributed by atoms with van der Waals surface area (Å²) in [5.74, 6) is -1.21. The van der Waals surface area contributed by atoms with Crippen LogP contribution in [0.15, 0.2) is 36.4 Å². The first kappa shape index (κ1) is 42.9. The van der Waals surface area contributed by atoms with Crippen molar-refractivity contribution in [1.29, 1.82) is 0 Å². The molecule has 3 aromatic heterocycles. The van der Waals surface area contributed by atoms with Gasteiger partial charge in [0.2, 0.25) is 0 Å². The second-order valence-electron chi connectivity index (χ2n) is 16.0.